The van der Waals surface area contributed by atoms with Crippen molar-refractivity contribution in [1.82, 2.24) is 15.1 Å². The van der Waals surface area contributed by atoms with Gasteiger partial charge in [-0.3, -0.25) is 0 Å². The van der Waals surface area contributed by atoms with E-state index in [0.717, 1.165) is 17.9 Å². The average Bonchev–Trinajstić information content (AvgIpc) is 2.77. The number of nitrogens with zero attached hydrogens (tertiary/aromatic N) is 2. The van der Waals surface area contributed by atoms with Crippen molar-refractivity contribution in [3.8, 4) is 0 Å². The van der Waals surface area contributed by atoms with Gasteiger partial charge in [-0.25, -0.2) is 0 Å². The highest BCUT2D eigenvalue weighted by Crippen LogP contribution is 2.21. The number of likely N-dealkylation sites (tertiary alicyclic amines) is 1. The monoisotopic (exact) mass is 281 g/mol. The fourth-order valence-electron chi connectivity index (χ4n) is 3.70. The quantitative estimate of drug-likeness (QED) is 0.835. The number of nitrogens with one attached hydrogen (secondary N) is 1. The van der Waals surface area contributed by atoms with Crippen LogP contribution in [-0.4, -0.2) is 61.2 Å². The minimum absolute atomic E-state index is 0.699. The van der Waals surface area contributed by atoms with Gasteiger partial charge in [-0.2, -0.15) is 0 Å². The molecular formula is C17H35N3. The summed E-state index contributed by atoms with van der Waals surface area (Å²) in [5.74, 6) is 1.69. The normalized spacial score (nSPS) is 31.6. The lowest BCUT2D eigenvalue weighted by atomic mass is 9.98. The van der Waals surface area contributed by atoms with Gasteiger partial charge in [-0.15, -0.1) is 0 Å². The first-order valence-electron chi connectivity index (χ1n) is 8.80. The molecule has 1 N–H and O–H groups in total. The number of hydrogen-bond donors (Lipinski definition) is 1. The summed E-state index contributed by atoms with van der Waals surface area (Å²) >= 11 is 0. The van der Waals surface area contributed by atoms with Crippen LogP contribution in [0.15, 0.2) is 0 Å². The topological polar surface area (TPSA) is 18.5 Å². The summed E-state index contributed by atoms with van der Waals surface area (Å²) in [5.41, 5.74) is 0. The molecule has 0 bridgehead atoms. The Morgan fingerprint density at radius 3 is 2.60 bits per heavy atom. The van der Waals surface area contributed by atoms with E-state index in [-0.39, 0.29) is 0 Å². The van der Waals surface area contributed by atoms with Gasteiger partial charge >= 0.3 is 0 Å². The van der Waals surface area contributed by atoms with Gasteiger partial charge in [0.25, 0.3) is 0 Å². The fraction of sp³-hybridized carbons (Fsp3) is 1.00. The molecule has 0 aromatic heterocycles. The maximum atomic E-state index is 3.76. The van der Waals surface area contributed by atoms with Gasteiger partial charge in [0.1, 0.15) is 0 Å². The highest BCUT2D eigenvalue weighted by Gasteiger charge is 2.28. The molecule has 20 heavy (non-hydrogen) atoms. The molecule has 3 unspecified atom stereocenters. The van der Waals surface area contributed by atoms with E-state index >= 15 is 0 Å². The van der Waals surface area contributed by atoms with Crippen LogP contribution >= 0.6 is 0 Å². The molecule has 3 nitrogen and oxygen atoms in total. The second-order valence-electron chi connectivity index (χ2n) is 7.30. The Morgan fingerprint density at radius 2 is 1.95 bits per heavy atom. The van der Waals surface area contributed by atoms with Crippen molar-refractivity contribution in [2.45, 2.75) is 59.0 Å². The molecule has 2 aliphatic rings. The highest BCUT2D eigenvalue weighted by atomic mass is 15.2. The van der Waals surface area contributed by atoms with Crippen LogP contribution in [0.2, 0.25) is 0 Å². The number of hydrogen-bond acceptors (Lipinski definition) is 3. The third kappa shape index (κ3) is 4.44. The summed E-state index contributed by atoms with van der Waals surface area (Å²) in [6.45, 7) is 17.1. The molecule has 2 heterocycles. The maximum Gasteiger partial charge on any atom is 0.0220 e. The zero-order chi connectivity index (χ0) is 14.5. The van der Waals surface area contributed by atoms with E-state index in [1.165, 1.54) is 58.5 Å². The zero-order valence-electron chi connectivity index (χ0n) is 14.1. The van der Waals surface area contributed by atoms with E-state index in [1.54, 1.807) is 0 Å². The van der Waals surface area contributed by atoms with E-state index in [9.17, 15) is 0 Å². The summed E-state index contributed by atoms with van der Waals surface area (Å²) in [4.78, 5) is 5.39. The van der Waals surface area contributed by atoms with E-state index in [4.69, 9.17) is 0 Å². The molecule has 0 radical (unpaired) electrons. The second-order valence-corrected chi connectivity index (χ2v) is 7.30. The second kappa shape index (κ2) is 7.77. The Balaban J connectivity index is 1.82. The Morgan fingerprint density at radius 1 is 1.15 bits per heavy atom. The minimum atomic E-state index is 0.699. The van der Waals surface area contributed by atoms with Crippen molar-refractivity contribution in [3.05, 3.63) is 0 Å². The highest BCUT2D eigenvalue weighted by molar-refractivity contribution is 4.84. The van der Waals surface area contributed by atoms with Gasteiger partial charge < -0.3 is 15.1 Å². The molecule has 2 rings (SSSR count). The molecule has 0 spiro atoms. The third-order valence-corrected chi connectivity index (χ3v) is 5.41. The molecule has 2 aliphatic heterocycles. The van der Waals surface area contributed by atoms with Crippen LogP contribution in [0.4, 0.5) is 0 Å². The summed E-state index contributed by atoms with van der Waals surface area (Å²) in [6.07, 6.45) is 4.00. The molecule has 3 atom stereocenters. The van der Waals surface area contributed by atoms with Gasteiger partial charge in [0.15, 0.2) is 0 Å². The van der Waals surface area contributed by atoms with E-state index < -0.39 is 0 Å². The van der Waals surface area contributed by atoms with Crippen LogP contribution in [0, 0.1) is 11.8 Å². The molecule has 0 aliphatic carbocycles. The lowest BCUT2D eigenvalue weighted by Crippen LogP contribution is -2.43. The maximum absolute atomic E-state index is 3.76. The third-order valence-electron chi connectivity index (χ3n) is 5.41. The Labute approximate surface area is 126 Å². The molecule has 118 valence electrons. The summed E-state index contributed by atoms with van der Waals surface area (Å²) in [5, 5.41) is 3.76. The van der Waals surface area contributed by atoms with Gasteiger partial charge in [0, 0.05) is 31.7 Å². The Kier molecular flexibility index (Phi) is 6.31. The van der Waals surface area contributed by atoms with Crippen molar-refractivity contribution in [1.29, 1.82) is 0 Å². The first-order chi connectivity index (χ1) is 9.60. The smallest absolute Gasteiger partial charge is 0.0220 e. The standard InChI is InChI=1S/C17H35N3/c1-5-15(4)17-13-19(9-6-8-18-17)11-16-7-10-20(12-16)14(2)3/h14-18H,5-13H2,1-4H3. The van der Waals surface area contributed by atoms with Crippen molar-refractivity contribution >= 4 is 0 Å². The van der Waals surface area contributed by atoms with Gasteiger partial charge in [-0.1, -0.05) is 20.3 Å². The molecule has 0 amide bonds. The first-order valence-corrected chi connectivity index (χ1v) is 8.80. The lowest BCUT2D eigenvalue weighted by Gasteiger charge is -2.30. The fourth-order valence-corrected chi connectivity index (χ4v) is 3.70. The van der Waals surface area contributed by atoms with Gasteiger partial charge in [-0.05, 0) is 58.2 Å². The van der Waals surface area contributed by atoms with Crippen LogP contribution in [0.1, 0.15) is 47.0 Å². The van der Waals surface area contributed by atoms with E-state index in [1.807, 2.05) is 0 Å². The predicted molar refractivity (Wildman–Crippen MR) is 87.1 cm³/mol. The van der Waals surface area contributed by atoms with Gasteiger partial charge in [0.2, 0.25) is 0 Å². The molecule has 0 aromatic carbocycles. The molecule has 3 heteroatoms. The molecule has 2 saturated heterocycles. The number of rotatable bonds is 5. The minimum Gasteiger partial charge on any atom is -0.312 e. The zero-order valence-corrected chi connectivity index (χ0v) is 14.1. The van der Waals surface area contributed by atoms with Crippen molar-refractivity contribution in [2.75, 3.05) is 39.3 Å². The summed E-state index contributed by atoms with van der Waals surface area (Å²) in [7, 11) is 0. The molecule has 0 aromatic rings. The summed E-state index contributed by atoms with van der Waals surface area (Å²) in [6, 6.07) is 1.42. The average molecular weight is 281 g/mol. The molecule has 0 saturated carbocycles. The van der Waals surface area contributed by atoms with Crippen LogP contribution in [0.25, 0.3) is 0 Å². The van der Waals surface area contributed by atoms with Crippen LogP contribution in [0.3, 0.4) is 0 Å². The van der Waals surface area contributed by atoms with E-state index in [2.05, 4.69) is 42.8 Å². The van der Waals surface area contributed by atoms with Crippen molar-refractivity contribution in [2.24, 2.45) is 11.8 Å². The Hall–Kier alpha value is -0.120. The Bertz CT molecular complexity index is 279. The van der Waals surface area contributed by atoms with Crippen LogP contribution in [-0.2, 0) is 0 Å². The van der Waals surface area contributed by atoms with Crippen LogP contribution < -0.4 is 5.32 Å². The SMILES string of the molecule is CCC(C)C1CN(CC2CCN(C(C)C)C2)CCCN1. The molecular weight excluding hydrogens is 246 g/mol. The summed E-state index contributed by atoms with van der Waals surface area (Å²) < 4.78 is 0. The first kappa shape index (κ1) is 16.3. The van der Waals surface area contributed by atoms with E-state index in [0.29, 0.717) is 6.04 Å². The largest absolute Gasteiger partial charge is 0.312 e. The molecule has 2 fully saturated rings. The van der Waals surface area contributed by atoms with Crippen molar-refractivity contribution < 1.29 is 0 Å². The van der Waals surface area contributed by atoms with Crippen molar-refractivity contribution in [3.63, 3.8) is 0 Å². The van der Waals surface area contributed by atoms with Gasteiger partial charge in [0.05, 0.1) is 0 Å². The predicted octanol–water partition coefficient (Wildman–Crippen LogP) is 2.43. The lowest BCUT2D eigenvalue weighted by molar-refractivity contribution is 0.198. The van der Waals surface area contributed by atoms with Crippen LogP contribution in [0.5, 0.6) is 0 Å².